The fourth-order valence-corrected chi connectivity index (χ4v) is 3.59. The molecule has 0 saturated heterocycles. The van der Waals surface area contributed by atoms with Gasteiger partial charge < -0.3 is 9.47 Å². The van der Waals surface area contributed by atoms with Crippen molar-refractivity contribution >= 4 is 43.9 Å². The number of thiophene rings is 1. The summed E-state index contributed by atoms with van der Waals surface area (Å²) >= 11 is 2.91. The van der Waals surface area contributed by atoms with E-state index >= 15 is 0 Å². The first-order valence-electron chi connectivity index (χ1n) is 6.33. The summed E-state index contributed by atoms with van der Waals surface area (Å²) in [6.45, 7) is 1.10. The maximum Gasteiger partial charge on any atom is 0.258 e. The molecule has 0 fully saturated rings. The zero-order valence-corrected chi connectivity index (χ0v) is 12.4. The molecule has 1 N–H and O–H groups in total. The van der Waals surface area contributed by atoms with Crippen LogP contribution >= 0.6 is 22.7 Å². The Hall–Kier alpha value is -2.12. The molecular formula is C14H10N2O3S2. The molecule has 0 unspecified atom stereocenters. The first-order valence-corrected chi connectivity index (χ1v) is 8.09. The standard InChI is InChI=1S/C14H10N2O3S2/c17-13(8-1-4-20-7-8)16-14-15-9-5-10-11(6-12(9)21-14)19-3-2-18-10/h1,4-7H,2-3H2,(H,15,16,17). The molecule has 1 aliphatic heterocycles. The van der Waals surface area contributed by atoms with E-state index in [9.17, 15) is 4.79 Å². The Labute approximate surface area is 128 Å². The van der Waals surface area contributed by atoms with Gasteiger partial charge in [-0.05, 0) is 11.4 Å². The molecule has 0 aliphatic carbocycles. The van der Waals surface area contributed by atoms with Gasteiger partial charge in [-0.15, -0.1) is 0 Å². The summed E-state index contributed by atoms with van der Waals surface area (Å²) < 4.78 is 12.0. The number of anilines is 1. The van der Waals surface area contributed by atoms with E-state index < -0.39 is 0 Å². The summed E-state index contributed by atoms with van der Waals surface area (Å²) in [5, 5.41) is 7.07. The van der Waals surface area contributed by atoms with Crippen molar-refractivity contribution < 1.29 is 14.3 Å². The fraction of sp³-hybridized carbons (Fsp3) is 0.143. The van der Waals surface area contributed by atoms with Gasteiger partial charge in [0.25, 0.3) is 5.91 Å². The predicted molar refractivity (Wildman–Crippen MR) is 82.9 cm³/mol. The lowest BCUT2D eigenvalue weighted by atomic mass is 10.3. The van der Waals surface area contributed by atoms with E-state index in [1.165, 1.54) is 22.7 Å². The lowest BCUT2D eigenvalue weighted by Crippen LogP contribution is -2.15. The lowest BCUT2D eigenvalue weighted by molar-refractivity contribution is 0.102. The predicted octanol–water partition coefficient (Wildman–Crippen LogP) is 3.38. The fourth-order valence-electron chi connectivity index (χ4n) is 2.08. The summed E-state index contributed by atoms with van der Waals surface area (Å²) in [6, 6.07) is 5.54. The van der Waals surface area contributed by atoms with Gasteiger partial charge >= 0.3 is 0 Å². The first-order chi connectivity index (χ1) is 10.3. The highest BCUT2D eigenvalue weighted by molar-refractivity contribution is 7.22. The smallest absolute Gasteiger partial charge is 0.258 e. The molecule has 4 rings (SSSR count). The van der Waals surface area contributed by atoms with E-state index in [4.69, 9.17) is 9.47 Å². The highest BCUT2D eigenvalue weighted by Gasteiger charge is 2.16. The van der Waals surface area contributed by atoms with Crippen LogP contribution in [0.15, 0.2) is 29.0 Å². The molecule has 1 amide bonds. The first kappa shape index (κ1) is 12.6. The van der Waals surface area contributed by atoms with Crippen LogP contribution in [0.1, 0.15) is 10.4 Å². The minimum atomic E-state index is -0.146. The second-order valence-electron chi connectivity index (χ2n) is 4.45. The molecule has 0 spiro atoms. The van der Waals surface area contributed by atoms with E-state index in [-0.39, 0.29) is 5.91 Å². The number of carbonyl (C=O) groups is 1. The number of carbonyl (C=O) groups excluding carboxylic acids is 1. The number of benzene rings is 1. The number of amides is 1. The molecular weight excluding hydrogens is 308 g/mol. The number of nitrogens with one attached hydrogen (secondary N) is 1. The number of fused-ring (bicyclic) bond motifs is 2. The van der Waals surface area contributed by atoms with Gasteiger partial charge in [-0.1, -0.05) is 11.3 Å². The van der Waals surface area contributed by atoms with Crippen molar-refractivity contribution in [3.8, 4) is 11.5 Å². The quantitative estimate of drug-likeness (QED) is 0.787. The van der Waals surface area contributed by atoms with Crippen LogP contribution in [0.4, 0.5) is 5.13 Å². The number of ether oxygens (including phenoxy) is 2. The third-order valence-electron chi connectivity index (χ3n) is 3.06. The Morgan fingerprint density at radius 3 is 2.81 bits per heavy atom. The summed E-state index contributed by atoms with van der Waals surface area (Å²) in [5.74, 6) is 1.29. The monoisotopic (exact) mass is 318 g/mol. The van der Waals surface area contributed by atoms with Crippen LogP contribution in [0.25, 0.3) is 10.2 Å². The molecule has 0 radical (unpaired) electrons. The largest absolute Gasteiger partial charge is 0.486 e. The molecule has 106 valence electrons. The third-order valence-corrected chi connectivity index (χ3v) is 4.67. The van der Waals surface area contributed by atoms with E-state index in [0.717, 1.165) is 16.0 Å². The molecule has 0 atom stereocenters. The second-order valence-corrected chi connectivity index (χ2v) is 6.26. The Kier molecular flexibility index (Phi) is 3.01. The van der Waals surface area contributed by atoms with Crippen LogP contribution in [0.2, 0.25) is 0 Å². The highest BCUT2D eigenvalue weighted by Crippen LogP contribution is 2.37. The van der Waals surface area contributed by atoms with E-state index in [2.05, 4.69) is 10.3 Å². The Morgan fingerprint density at radius 2 is 2.05 bits per heavy atom. The van der Waals surface area contributed by atoms with Crippen LogP contribution < -0.4 is 14.8 Å². The van der Waals surface area contributed by atoms with Crippen LogP contribution in [0.3, 0.4) is 0 Å². The molecule has 2 aromatic heterocycles. The molecule has 1 aromatic carbocycles. The van der Waals surface area contributed by atoms with Gasteiger partial charge in [0.05, 0.1) is 15.8 Å². The average molecular weight is 318 g/mol. The summed E-state index contributed by atoms with van der Waals surface area (Å²) in [4.78, 5) is 16.4. The van der Waals surface area contributed by atoms with Crippen molar-refractivity contribution in [3.05, 3.63) is 34.5 Å². The van der Waals surface area contributed by atoms with Crippen molar-refractivity contribution in [2.45, 2.75) is 0 Å². The number of aromatic nitrogens is 1. The highest BCUT2D eigenvalue weighted by atomic mass is 32.1. The van der Waals surface area contributed by atoms with E-state index in [0.29, 0.717) is 29.7 Å². The molecule has 1 aliphatic rings. The van der Waals surface area contributed by atoms with Gasteiger partial charge in [0.2, 0.25) is 0 Å². The van der Waals surface area contributed by atoms with E-state index in [1.54, 1.807) is 6.07 Å². The third kappa shape index (κ3) is 2.34. The second kappa shape index (κ2) is 5.01. The van der Waals surface area contributed by atoms with Crippen molar-refractivity contribution in [1.82, 2.24) is 4.98 Å². The van der Waals surface area contributed by atoms with Crippen LogP contribution in [-0.2, 0) is 0 Å². The van der Waals surface area contributed by atoms with Gasteiger partial charge in [0.15, 0.2) is 16.6 Å². The van der Waals surface area contributed by atoms with Crippen molar-refractivity contribution in [2.24, 2.45) is 0 Å². The van der Waals surface area contributed by atoms with Crippen molar-refractivity contribution in [1.29, 1.82) is 0 Å². The van der Waals surface area contributed by atoms with Gasteiger partial charge in [-0.3, -0.25) is 10.1 Å². The Balaban J connectivity index is 1.66. The number of hydrogen-bond donors (Lipinski definition) is 1. The Morgan fingerprint density at radius 1 is 1.24 bits per heavy atom. The molecule has 21 heavy (non-hydrogen) atoms. The molecule has 3 aromatic rings. The van der Waals surface area contributed by atoms with Gasteiger partial charge in [-0.25, -0.2) is 4.98 Å². The van der Waals surface area contributed by atoms with Crippen molar-refractivity contribution in [3.63, 3.8) is 0 Å². The minimum Gasteiger partial charge on any atom is -0.486 e. The van der Waals surface area contributed by atoms with Crippen molar-refractivity contribution in [2.75, 3.05) is 18.5 Å². The molecule has 7 heteroatoms. The summed E-state index contributed by atoms with van der Waals surface area (Å²) in [5.41, 5.74) is 1.44. The topological polar surface area (TPSA) is 60.5 Å². The zero-order chi connectivity index (χ0) is 14.2. The number of rotatable bonds is 2. The average Bonchev–Trinajstić information content (AvgIpc) is 3.13. The van der Waals surface area contributed by atoms with Gasteiger partial charge in [0, 0.05) is 17.5 Å². The number of nitrogens with zero attached hydrogens (tertiary/aromatic N) is 1. The molecule has 0 bridgehead atoms. The normalized spacial score (nSPS) is 13.3. The SMILES string of the molecule is O=C(Nc1nc2cc3c(cc2s1)OCCO3)c1ccsc1. The molecule has 3 heterocycles. The Bertz CT molecular complexity index is 768. The van der Waals surface area contributed by atoms with Crippen LogP contribution in [-0.4, -0.2) is 24.1 Å². The maximum atomic E-state index is 12.0. The zero-order valence-electron chi connectivity index (χ0n) is 10.8. The molecule has 5 nitrogen and oxygen atoms in total. The number of hydrogen-bond acceptors (Lipinski definition) is 6. The summed E-state index contributed by atoms with van der Waals surface area (Å²) in [6.07, 6.45) is 0. The molecule has 0 saturated carbocycles. The van der Waals surface area contributed by atoms with E-state index in [1.807, 2.05) is 22.9 Å². The van der Waals surface area contributed by atoms with Gasteiger partial charge in [-0.2, -0.15) is 11.3 Å². The number of thiazole rings is 1. The summed E-state index contributed by atoms with van der Waals surface area (Å²) in [7, 11) is 0. The van der Waals surface area contributed by atoms with Gasteiger partial charge in [0.1, 0.15) is 13.2 Å². The maximum absolute atomic E-state index is 12.0. The van der Waals surface area contributed by atoms with Crippen LogP contribution in [0, 0.1) is 0 Å². The van der Waals surface area contributed by atoms with Crippen LogP contribution in [0.5, 0.6) is 11.5 Å². The lowest BCUT2D eigenvalue weighted by Gasteiger charge is -2.17. The minimum absolute atomic E-state index is 0.146.